The van der Waals surface area contributed by atoms with E-state index in [1.807, 2.05) is 7.05 Å². The Bertz CT molecular complexity index is 578. The zero-order valence-corrected chi connectivity index (χ0v) is 12.3. The molecule has 6 heteroatoms. The molecule has 0 aliphatic rings. The summed E-state index contributed by atoms with van der Waals surface area (Å²) in [6, 6.07) is 3.35. The first-order chi connectivity index (χ1) is 9.15. The molecule has 0 unspecified atom stereocenters. The van der Waals surface area contributed by atoms with Gasteiger partial charge in [0.15, 0.2) is 6.29 Å². The van der Waals surface area contributed by atoms with E-state index in [4.69, 9.17) is 4.74 Å². The summed E-state index contributed by atoms with van der Waals surface area (Å²) in [6.45, 7) is 2.45. The fourth-order valence-electron chi connectivity index (χ4n) is 1.68. The van der Waals surface area contributed by atoms with Crippen molar-refractivity contribution in [3.05, 3.63) is 39.9 Å². The molecule has 0 saturated carbocycles. The molecule has 0 radical (unpaired) electrons. The van der Waals surface area contributed by atoms with Crippen molar-refractivity contribution in [3.63, 3.8) is 0 Å². The minimum atomic E-state index is 0.391. The van der Waals surface area contributed by atoms with Gasteiger partial charge in [-0.1, -0.05) is 6.92 Å². The summed E-state index contributed by atoms with van der Waals surface area (Å²) < 4.78 is 8.42. The third kappa shape index (κ3) is 3.01. The molecule has 0 aliphatic heterocycles. The fourth-order valence-corrected chi connectivity index (χ4v) is 2.41. The molecule has 0 N–H and O–H groups in total. The predicted octanol–water partition coefficient (Wildman–Crippen LogP) is 2.53. The smallest absolute Gasteiger partial charge is 0.168 e. The molecule has 100 valence electrons. The third-order valence-electron chi connectivity index (χ3n) is 2.76. The number of halogens is 1. The highest BCUT2D eigenvalue weighted by molar-refractivity contribution is 9.10. The van der Waals surface area contributed by atoms with E-state index in [1.54, 1.807) is 16.8 Å². The number of pyridine rings is 1. The monoisotopic (exact) mass is 323 g/mol. The molecule has 0 aliphatic carbocycles. The molecule has 0 bridgehead atoms. The van der Waals surface area contributed by atoms with Gasteiger partial charge in [-0.05, 0) is 34.5 Å². The maximum absolute atomic E-state index is 10.5. The summed E-state index contributed by atoms with van der Waals surface area (Å²) in [5, 5.41) is 4.40. The molecular formula is C13H14BrN3O2. The van der Waals surface area contributed by atoms with Gasteiger partial charge in [0.25, 0.3) is 0 Å². The SMILES string of the molecule is CCc1nn(C)c(COc2ccc(C=O)nc2)c1Br. The normalized spacial score (nSPS) is 10.5. The zero-order chi connectivity index (χ0) is 13.8. The Balaban J connectivity index is 2.09. The van der Waals surface area contributed by atoms with Crippen molar-refractivity contribution in [3.8, 4) is 5.75 Å². The van der Waals surface area contributed by atoms with Gasteiger partial charge in [-0.15, -0.1) is 0 Å². The molecule has 0 atom stereocenters. The van der Waals surface area contributed by atoms with Gasteiger partial charge in [0, 0.05) is 7.05 Å². The van der Waals surface area contributed by atoms with Crippen LogP contribution in [0.25, 0.3) is 0 Å². The van der Waals surface area contributed by atoms with Crippen molar-refractivity contribution in [2.24, 2.45) is 7.05 Å². The summed E-state index contributed by atoms with van der Waals surface area (Å²) in [5.41, 5.74) is 2.37. The summed E-state index contributed by atoms with van der Waals surface area (Å²) in [6.07, 6.45) is 3.10. The van der Waals surface area contributed by atoms with Crippen molar-refractivity contribution in [1.82, 2.24) is 14.8 Å². The Labute approximate surface area is 119 Å². The highest BCUT2D eigenvalue weighted by Crippen LogP contribution is 2.23. The fraction of sp³-hybridized carbons (Fsp3) is 0.308. The van der Waals surface area contributed by atoms with Gasteiger partial charge < -0.3 is 4.74 Å². The summed E-state index contributed by atoms with van der Waals surface area (Å²) >= 11 is 3.53. The number of rotatable bonds is 5. The van der Waals surface area contributed by atoms with E-state index in [9.17, 15) is 4.79 Å². The first kappa shape index (κ1) is 13.7. The van der Waals surface area contributed by atoms with E-state index in [0.29, 0.717) is 24.3 Å². The molecule has 2 heterocycles. The van der Waals surface area contributed by atoms with Crippen molar-refractivity contribution in [2.75, 3.05) is 0 Å². The molecular weight excluding hydrogens is 310 g/mol. The Morgan fingerprint density at radius 1 is 1.47 bits per heavy atom. The van der Waals surface area contributed by atoms with Crippen molar-refractivity contribution < 1.29 is 9.53 Å². The van der Waals surface area contributed by atoms with Crippen LogP contribution >= 0.6 is 15.9 Å². The quantitative estimate of drug-likeness (QED) is 0.793. The number of carbonyl (C=O) groups excluding carboxylic acids is 1. The topological polar surface area (TPSA) is 57.0 Å². The number of aryl methyl sites for hydroxylation is 2. The number of hydrogen-bond donors (Lipinski definition) is 0. The molecule has 0 spiro atoms. The highest BCUT2D eigenvalue weighted by atomic mass is 79.9. The zero-order valence-electron chi connectivity index (χ0n) is 10.8. The highest BCUT2D eigenvalue weighted by Gasteiger charge is 2.12. The lowest BCUT2D eigenvalue weighted by Gasteiger charge is -2.06. The Morgan fingerprint density at radius 2 is 2.26 bits per heavy atom. The molecule has 0 amide bonds. The maximum atomic E-state index is 10.5. The average Bonchev–Trinajstić information content (AvgIpc) is 2.72. The average molecular weight is 324 g/mol. The van der Waals surface area contributed by atoms with Crippen LogP contribution in [0.1, 0.15) is 28.8 Å². The predicted molar refractivity (Wildman–Crippen MR) is 74.2 cm³/mol. The van der Waals surface area contributed by atoms with E-state index in [0.717, 1.165) is 22.3 Å². The third-order valence-corrected chi connectivity index (χ3v) is 3.67. The molecule has 0 saturated heterocycles. The van der Waals surface area contributed by atoms with Crippen LogP contribution in [0.3, 0.4) is 0 Å². The van der Waals surface area contributed by atoms with Crippen LogP contribution in [0.15, 0.2) is 22.8 Å². The lowest BCUT2D eigenvalue weighted by Crippen LogP contribution is -2.04. The maximum Gasteiger partial charge on any atom is 0.168 e. The summed E-state index contributed by atoms with van der Waals surface area (Å²) in [4.78, 5) is 14.4. The van der Waals surface area contributed by atoms with Crippen LogP contribution in [0.2, 0.25) is 0 Å². The first-order valence-corrected chi connectivity index (χ1v) is 6.69. The van der Waals surface area contributed by atoms with Crippen LogP contribution in [-0.4, -0.2) is 21.1 Å². The lowest BCUT2D eigenvalue weighted by atomic mass is 10.3. The van der Waals surface area contributed by atoms with Crippen molar-refractivity contribution in [1.29, 1.82) is 0 Å². The van der Waals surface area contributed by atoms with Gasteiger partial charge >= 0.3 is 0 Å². The molecule has 2 rings (SSSR count). The Morgan fingerprint density at radius 3 is 2.79 bits per heavy atom. The summed E-state index contributed by atoms with van der Waals surface area (Å²) in [7, 11) is 1.89. The second-order valence-corrected chi connectivity index (χ2v) is 4.80. The van der Waals surface area contributed by atoms with Crippen LogP contribution in [-0.2, 0) is 20.1 Å². The minimum Gasteiger partial charge on any atom is -0.486 e. The van der Waals surface area contributed by atoms with E-state index in [-0.39, 0.29) is 0 Å². The largest absolute Gasteiger partial charge is 0.486 e. The number of carbonyl (C=O) groups is 1. The van der Waals surface area contributed by atoms with E-state index in [2.05, 4.69) is 32.9 Å². The van der Waals surface area contributed by atoms with Crippen LogP contribution in [0.4, 0.5) is 0 Å². The summed E-state index contributed by atoms with van der Waals surface area (Å²) in [5.74, 6) is 0.622. The van der Waals surface area contributed by atoms with Gasteiger partial charge in [0.2, 0.25) is 0 Å². The standard InChI is InChI=1S/C13H14BrN3O2/c1-3-11-13(14)12(17(2)16-11)8-19-10-5-4-9(7-18)15-6-10/h4-7H,3,8H2,1-2H3. The first-order valence-electron chi connectivity index (χ1n) is 5.90. The molecule has 2 aromatic heterocycles. The molecule has 5 nitrogen and oxygen atoms in total. The number of aromatic nitrogens is 3. The Kier molecular flexibility index (Phi) is 4.31. The van der Waals surface area contributed by atoms with Gasteiger partial charge in [0.05, 0.1) is 22.1 Å². The van der Waals surface area contributed by atoms with E-state index < -0.39 is 0 Å². The number of aldehydes is 1. The number of ether oxygens (including phenoxy) is 1. The second-order valence-electron chi connectivity index (χ2n) is 4.01. The van der Waals surface area contributed by atoms with Gasteiger partial charge in [-0.3, -0.25) is 9.48 Å². The van der Waals surface area contributed by atoms with Gasteiger partial charge in [-0.25, -0.2) is 4.98 Å². The van der Waals surface area contributed by atoms with Crippen LogP contribution in [0.5, 0.6) is 5.75 Å². The molecule has 0 aromatic carbocycles. The van der Waals surface area contributed by atoms with E-state index >= 15 is 0 Å². The number of nitrogens with zero attached hydrogens (tertiary/aromatic N) is 3. The van der Waals surface area contributed by atoms with Crippen molar-refractivity contribution >= 4 is 22.2 Å². The molecule has 0 fully saturated rings. The van der Waals surface area contributed by atoms with Gasteiger partial charge in [0.1, 0.15) is 18.1 Å². The number of hydrogen-bond acceptors (Lipinski definition) is 4. The Hall–Kier alpha value is -1.69. The molecule has 2 aromatic rings. The molecule has 19 heavy (non-hydrogen) atoms. The van der Waals surface area contributed by atoms with Crippen LogP contribution in [0, 0.1) is 0 Å². The van der Waals surface area contributed by atoms with Crippen LogP contribution < -0.4 is 4.74 Å². The van der Waals surface area contributed by atoms with E-state index in [1.165, 1.54) is 6.20 Å². The lowest BCUT2D eigenvalue weighted by molar-refractivity contribution is 0.111. The second kappa shape index (κ2) is 5.97. The van der Waals surface area contributed by atoms with Crippen molar-refractivity contribution in [2.45, 2.75) is 20.0 Å². The minimum absolute atomic E-state index is 0.391. The van der Waals surface area contributed by atoms with Gasteiger partial charge in [-0.2, -0.15) is 5.10 Å².